The van der Waals surface area contributed by atoms with Crippen LogP contribution in [-0.4, -0.2) is 12.5 Å². The number of amides is 1. The third-order valence-corrected chi connectivity index (χ3v) is 3.19. The molecule has 0 aliphatic rings. The van der Waals surface area contributed by atoms with Crippen LogP contribution in [0.15, 0.2) is 41.0 Å². The standard InChI is InChI=1S/C16H20N2O2/c1-11-6-7-14(12(2)9-11)18-16(19)10-17-13(3)15-5-4-8-20-15/h4-9,13,17H,10H2,1-3H3,(H,18,19)/t13-/m0/s1. The van der Waals surface area contributed by atoms with Gasteiger partial charge in [-0.2, -0.15) is 0 Å². The van der Waals surface area contributed by atoms with Crippen LogP contribution in [0.3, 0.4) is 0 Å². The lowest BCUT2D eigenvalue weighted by Gasteiger charge is -2.12. The summed E-state index contributed by atoms with van der Waals surface area (Å²) in [6.45, 7) is 6.23. The molecule has 1 aromatic heterocycles. The van der Waals surface area contributed by atoms with Crippen molar-refractivity contribution in [3.8, 4) is 0 Å². The van der Waals surface area contributed by atoms with E-state index in [0.29, 0.717) is 0 Å². The molecular formula is C16H20N2O2. The number of anilines is 1. The van der Waals surface area contributed by atoms with Gasteiger partial charge in [-0.05, 0) is 44.5 Å². The van der Waals surface area contributed by atoms with Crippen LogP contribution in [0, 0.1) is 13.8 Å². The fourth-order valence-corrected chi connectivity index (χ4v) is 2.03. The highest BCUT2D eigenvalue weighted by Gasteiger charge is 2.10. The van der Waals surface area contributed by atoms with Crippen LogP contribution < -0.4 is 10.6 Å². The van der Waals surface area contributed by atoms with E-state index in [4.69, 9.17) is 4.42 Å². The zero-order valence-corrected chi connectivity index (χ0v) is 12.1. The molecule has 2 N–H and O–H groups in total. The smallest absolute Gasteiger partial charge is 0.238 e. The van der Waals surface area contributed by atoms with Crippen LogP contribution in [0.25, 0.3) is 0 Å². The van der Waals surface area contributed by atoms with E-state index < -0.39 is 0 Å². The topological polar surface area (TPSA) is 54.3 Å². The first-order valence-electron chi connectivity index (χ1n) is 6.70. The van der Waals surface area contributed by atoms with Crippen molar-refractivity contribution in [2.24, 2.45) is 0 Å². The summed E-state index contributed by atoms with van der Waals surface area (Å²) >= 11 is 0. The molecule has 1 aromatic carbocycles. The molecule has 0 saturated carbocycles. The summed E-state index contributed by atoms with van der Waals surface area (Å²) in [6, 6.07) is 9.70. The molecule has 0 spiro atoms. The van der Waals surface area contributed by atoms with Crippen molar-refractivity contribution >= 4 is 11.6 Å². The number of hydrogen-bond donors (Lipinski definition) is 2. The molecule has 0 aliphatic carbocycles. The van der Waals surface area contributed by atoms with E-state index >= 15 is 0 Å². The van der Waals surface area contributed by atoms with Crippen LogP contribution in [0.1, 0.15) is 29.9 Å². The number of hydrogen-bond acceptors (Lipinski definition) is 3. The van der Waals surface area contributed by atoms with Crippen LogP contribution >= 0.6 is 0 Å². The Morgan fingerprint density at radius 3 is 2.75 bits per heavy atom. The summed E-state index contributed by atoms with van der Waals surface area (Å²) in [6.07, 6.45) is 1.63. The first-order valence-corrected chi connectivity index (χ1v) is 6.70. The number of carbonyl (C=O) groups excluding carboxylic acids is 1. The molecule has 4 heteroatoms. The van der Waals surface area contributed by atoms with Crippen molar-refractivity contribution in [3.05, 3.63) is 53.5 Å². The van der Waals surface area contributed by atoms with Crippen LogP contribution in [-0.2, 0) is 4.79 Å². The fourth-order valence-electron chi connectivity index (χ4n) is 2.03. The third-order valence-electron chi connectivity index (χ3n) is 3.19. The summed E-state index contributed by atoms with van der Waals surface area (Å²) in [5, 5.41) is 6.04. The van der Waals surface area contributed by atoms with Gasteiger partial charge in [0.1, 0.15) is 5.76 Å². The first-order chi connectivity index (χ1) is 9.56. The van der Waals surface area contributed by atoms with E-state index in [2.05, 4.69) is 16.7 Å². The monoisotopic (exact) mass is 272 g/mol. The Labute approximate surface area is 119 Å². The average Bonchev–Trinajstić information content (AvgIpc) is 2.93. The Morgan fingerprint density at radius 2 is 2.10 bits per heavy atom. The molecule has 4 nitrogen and oxygen atoms in total. The zero-order chi connectivity index (χ0) is 14.5. The Morgan fingerprint density at radius 1 is 1.30 bits per heavy atom. The molecule has 0 saturated heterocycles. The molecule has 0 radical (unpaired) electrons. The molecule has 0 fully saturated rings. The minimum Gasteiger partial charge on any atom is -0.468 e. The molecule has 1 atom stereocenters. The van der Waals surface area contributed by atoms with Crippen molar-refractivity contribution < 1.29 is 9.21 Å². The van der Waals surface area contributed by atoms with E-state index in [1.807, 2.05) is 45.0 Å². The number of benzene rings is 1. The summed E-state index contributed by atoms with van der Waals surface area (Å²) in [4.78, 5) is 11.9. The van der Waals surface area contributed by atoms with Crippen molar-refractivity contribution in [3.63, 3.8) is 0 Å². The number of carbonyl (C=O) groups is 1. The van der Waals surface area contributed by atoms with Gasteiger partial charge in [-0.1, -0.05) is 17.7 Å². The van der Waals surface area contributed by atoms with Crippen molar-refractivity contribution in [2.75, 3.05) is 11.9 Å². The van der Waals surface area contributed by atoms with Gasteiger partial charge in [0.2, 0.25) is 5.91 Å². The predicted octanol–water partition coefficient (Wildman–Crippen LogP) is 3.19. The number of rotatable bonds is 5. The summed E-state index contributed by atoms with van der Waals surface area (Å²) in [5.74, 6) is 0.764. The van der Waals surface area contributed by atoms with Crippen molar-refractivity contribution in [1.29, 1.82) is 0 Å². The zero-order valence-electron chi connectivity index (χ0n) is 12.1. The molecule has 2 rings (SSSR count). The highest BCUT2D eigenvalue weighted by Crippen LogP contribution is 2.16. The first kappa shape index (κ1) is 14.3. The number of aryl methyl sites for hydroxylation is 2. The molecule has 20 heavy (non-hydrogen) atoms. The molecule has 0 aliphatic heterocycles. The summed E-state index contributed by atoms with van der Waals surface area (Å²) < 4.78 is 5.28. The second kappa shape index (κ2) is 6.39. The lowest BCUT2D eigenvalue weighted by molar-refractivity contribution is -0.115. The Balaban J connectivity index is 1.86. The lowest BCUT2D eigenvalue weighted by Crippen LogP contribution is -2.30. The van der Waals surface area contributed by atoms with Gasteiger partial charge in [0.25, 0.3) is 0 Å². The maximum Gasteiger partial charge on any atom is 0.238 e. The number of nitrogens with one attached hydrogen (secondary N) is 2. The van der Waals surface area contributed by atoms with Gasteiger partial charge < -0.3 is 9.73 Å². The Hall–Kier alpha value is -2.07. The van der Waals surface area contributed by atoms with Crippen molar-refractivity contribution in [2.45, 2.75) is 26.8 Å². The van der Waals surface area contributed by atoms with E-state index in [-0.39, 0.29) is 18.5 Å². The number of furan rings is 1. The average molecular weight is 272 g/mol. The molecule has 2 aromatic rings. The van der Waals surface area contributed by atoms with E-state index in [0.717, 1.165) is 17.0 Å². The maximum absolute atomic E-state index is 11.9. The van der Waals surface area contributed by atoms with Crippen LogP contribution in [0.2, 0.25) is 0 Å². The molecule has 0 bridgehead atoms. The van der Waals surface area contributed by atoms with Gasteiger partial charge in [0.15, 0.2) is 0 Å². The normalized spacial score (nSPS) is 12.2. The second-order valence-corrected chi connectivity index (χ2v) is 4.98. The van der Waals surface area contributed by atoms with Crippen LogP contribution in [0.5, 0.6) is 0 Å². The van der Waals surface area contributed by atoms with Gasteiger partial charge in [-0.25, -0.2) is 0 Å². The van der Waals surface area contributed by atoms with Gasteiger partial charge in [-0.15, -0.1) is 0 Å². The molecular weight excluding hydrogens is 252 g/mol. The highest BCUT2D eigenvalue weighted by molar-refractivity contribution is 5.93. The molecule has 106 valence electrons. The maximum atomic E-state index is 11.9. The molecule has 1 amide bonds. The minimum absolute atomic E-state index is 0.00913. The highest BCUT2D eigenvalue weighted by atomic mass is 16.3. The lowest BCUT2D eigenvalue weighted by atomic mass is 10.1. The Kier molecular flexibility index (Phi) is 4.58. The quantitative estimate of drug-likeness (QED) is 0.879. The summed E-state index contributed by atoms with van der Waals surface area (Å²) in [5.41, 5.74) is 3.11. The molecule has 0 unspecified atom stereocenters. The summed E-state index contributed by atoms with van der Waals surface area (Å²) in [7, 11) is 0. The predicted molar refractivity (Wildman–Crippen MR) is 79.7 cm³/mol. The molecule has 1 heterocycles. The largest absolute Gasteiger partial charge is 0.468 e. The third kappa shape index (κ3) is 3.71. The fraction of sp³-hybridized carbons (Fsp3) is 0.312. The SMILES string of the molecule is Cc1ccc(NC(=O)CN[C@@H](C)c2ccco2)c(C)c1. The van der Waals surface area contributed by atoms with Gasteiger partial charge in [0.05, 0.1) is 18.8 Å². The van der Waals surface area contributed by atoms with Crippen molar-refractivity contribution in [1.82, 2.24) is 5.32 Å². The van der Waals surface area contributed by atoms with E-state index in [9.17, 15) is 4.79 Å². The van der Waals surface area contributed by atoms with Gasteiger partial charge in [-0.3, -0.25) is 10.1 Å². The van der Waals surface area contributed by atoms with E-state index in [1.54, 1.807) is 6.26 Å². The van der Waals surface area contributed by atoms with E-state index in [1.165, 1.54) is 5.56 Å². The Bertz CT molecular complexity index is 576. The van der Waals surface area contributed by atoms with Crippen LogP contribution in [0.4, 0.5) is 5.69 Å². The second-order valence-electron chi connectivity index (χ2n) is 4.98. The van der Waals surface area contributed by atoms with Gasteiger partial charge in [0, 0.05) is 5.69 Å². The van der Waals surface area contributed by atoms with Gasteiger partial charge >= 0.3 is 0 Å². The minimum atomic E-state index is -0.0599.